The van der Waals surface area contributed by atoms with Gasteiger partial charge in [-0.1, -0.05) is 18.2 Å². The van der Waals surface area contributed by atoms with Gasteiger partial charge in [0.2, 0.25) is 0 Å². The fraction of sp³-hybridized carbons (Fsp3) is 0.417. The Morgan fingerprint density at radius 2 is 2.19 bits per heavy atom. The largest absolute Gasteiger partial charge is 0.496 e. The zero-order valence-electron chi connectivity index (χ0n) is 9.14. The second kappa shape index (κ2) is 4.53. The van der Waals surface area contributed by atoms with Crippen LogP contribution in [0, 0.1) is 5.92 Å². The molecule has 4 nitrogen and oxygen atoms in total. The molecule has 4 heteroatoms. The number of hydrogen-bond acceptors (Lipinski definition) is 3. The number of nitrogens with one attached hydrogen (secondary N) is 1. The third kappa shape index (κ3) is 1.88. The monoisotopic (exact) mass is 221 g/mol. The maximum atomic E-state index is 11.1. The summed E-state index contributed by atoms with van der Waals surface area (Å²) in [7, 11) is 1.61. The van der Waals surface area contributed by atoms with Crippen LogP contribution in [0.2, 0.25) is 0 Å². The Balaban J connectivity index is 2.32. The molecule has 16 heavy (non-hydrogen) atoms. The summed E-state index contributed by atoms with van der Waals surface area (Å²) >= 11 is 0. The summed E-state index contributed by atoms with van der Waals surface area (Å²) in [6.45, 7) is 1.22. The highest BCUT2D eigenvalue weighted by molar-refractivity contribution is 5.72. The van der Waals surface area contributed by atoms with Gasteiger partial charge >= 0.3 is 5.97 Å². The second-order valence-corrected chi connectivity index (χ2v) is 3.95. The van der Waals surface area contributed by atoms with Crippen LogP contribution in [0.1, 0.15) is 11.5 Å². The summed E-state index contributed by atoms with van der Waals surface area (Å²) in [6.07, 6.45) is 0. The number of aliphatic carboxylic acids is 1. The van der Waals surface area contributed by atoms with Gasteiger partial charge in [0, 0.05) is 19.0 Å². The predicted molar refractivity (Wildman–Crippen MR) is 59.7 cm³/mol. The molecule has 1 aliphatic heterocycles. The zero-order chi connectivity index (χ0) is 11.5. The lowest BCUT2D eigenvalue weighted by Crippen LogP contribution is -2.21. The maximum absolute atomic E-state index is 11.1. The van der Waals surface area contributed by atoms with Gasteiger partial charge < -0.3 is 15.2 Å². The minimum atomic E-state index is -0.749. The third-order valence-corrected chi connectivity index (χ3v) is 3.07. The van der Waals surface area contributed by atoms with E-state index in [1.165, 1.54) is 0 Å². The number of benzene rings is 1. The summed E-state index contributed by atoms with van der Waals surface area (Å²) in [4.78, 5) is 11.1. The molecule has 0 aromatic heterocycles. The molecule has 0 radical (unpaired) electrons. The van der Waals surface area contributed by atoms with Crippen molar-refractivity contribution in [3.63, 3.8) is 0 Å². The summed E-state index contributed by atoms with van der Waals surface area (Å²) in [6, 6.07) is 7.61. The number of para-hydroxylation sites is 1. The van der Waals surface area contributed by atoms with Crippen molar-refractivity contribution in [2.24, 2.45) is 5.92 Å². The third-order valence-electron chi connectivity index (χ3n) is 3.07. The van der Waals surface area contributed by atoms with Gasteiger partial charge in [0.1, 0.15) is 5.75 Å². The number of carbonyl (C=O) groups is 1. The van der Waals surface area contributed by atoms with E-state index in [0.29, 0.717) is 13.1 Å². The van der Waals surface area contributed by atoms with E-state index in [-0.39, 0.29) is 11.8 Å². The normalized spacial score (nSPS) is 24.3. The Morgan fingerprint density at radius 3 is 2.88 bits per heavy atom. The molecular formula is C12H15NO3. The molecule has 1 aromatic rings. The first-order valence-corrected chi connectivity index (χ1v) is 5.30. The Hall–Kier alpha value is -1.55. The van der Waals surface area contributed by atoms with Crippen LogP contribution in [0.5, 0.6) is 5.75 Å². The van der Waals surface area contributed by atoms with E-state index < -0.39 is 5.97 Å². The Bertz CT molecular complexity index is 392. The molecule has 2 N–H and O–H groups in total. The topological polar surface area (TPSA) is 58.6 Å². The number of ether oxygens (including phenoxy) is 1. The highest BCUT2D eigenvalue weighted by Crippen LogP contribution is 2.34. The fourth-order valence-corrected chi connectivity index (χ4v) is 2.24. The van der Waals surface area contributed by atoms with E-state index in [0.717, 1.165) is 11.3 Å². The summed E-state index contributed by atoms with van der Waals surface area (Å²) in [5, 5.41) is 12.2. The molecule has 1 aromatic carbocycles. The molecular weight excluding hydrogens is 206 g/mol. The lowest BCUT2D eigenvalue weighted by molar-refractivity contribution is -0.141. The molecule has 86 valence electrons. The van der Waals surface area contributed by atoms with Crippen molar-refractivity contribution in [3.05, 3.63) is 29.8 Å². The van der Waals surface area contributed by atoms with Crippen LogP contribution in [0.15, 0.2) is 24.3 Å². The van der Waals surface area contributed by atoms with Gasteiger partial charge in [-0.25, -0.2) is 0 Å². The molecule has 2 rings (SSSR count). The maximum Gasteiger partial charge on any atom is 0.308 e. The Morgan fingerprint density at radius 1 is 1.44 bits per heavy atom. The lowest BCUT2D eigenvalue weighted by Gasteiger charge is -2.17. The number of carboxylic acid groups (broad SMARTS) is 1. The SMILES string of the molecule is COc1ccccc1[C@@H]1CNC[C@@H]1C(=O)O. The van der Waals surface area contributed by atoms with E-state index >= 15 is 0 Å². The van der Waals surface area contributed by atoms with E-state index in [1.54, 1.807) is 7.11 Å². The van der Waals surface area contributed by atoms with Crippen molar-refractivity contribution in [2.75, 3.05) is 20.2 Å². The number of carboxylic acids is 1. The first-order chi connectivity index (χ1) is 7.74. The Labute approximate surface area is 94.2 Å². The van der Waals surface area contributed by atoms with Crippen LogP contribution in [-0.2, 0) is 4.79 Å². The minimum absolute atomic E-state index is 0.00588. The van der Waals surface area contributed by atoms with E-state index in [9.17, 15) is 4.79 Å². The molecule has 0 aliphatic carbocycles. The Kier molecular flexibility index (Phi) is 3.10. The van der Waals surface area contributed by atoms with Crippen molar-refractivity contribution in [1.29, 1.82) is 0 Å². The molecule has 1 aliphatic rings. The van der Waals surface area contributed by atoms with Crippen LogP contribution in [-0.4, -0.2) is 31.3 Å². The predicted octanol–water partition coefficient (Wildman–Crippen LogP) is 1.08. The van der Waals surface area contributed by atoms with Crippen LogP contribution in [0.4, 0.5) is 0 Å². The molecule has 0 bridgehead atoms. The van der Waals surface area contributed by atoms with Crippen LogP contribution >= 0.6 is 0 Å². The van der Waals surface area contributed by atoms with E-state index in [1.807, 2.05) is 24.3 Å². The molecule has 1 fully saturated rings. The van der Waals surface area contributed by atoms with Crippen LogP contribution < -0.4 is 10.1 Å². The summed E-state index contributed by atoms with van der Waals surface area (Å²) < 4.78 is 5.27. The zero-order valence-corrected chi connectivity index (χ0v) is 9.14. The average molecular weight is 221 g/mol. The van der Waals surface area contributed by atoms with Crippen molar-refractivity contribution in [1.82, 2.24) is 5.32 Å². The van der Waals surface area contributed by atoms with Crippen molar-refractivity contribution < 1.29 is 14.6 Å². The highest BCUT2D eigenvalue weighted by Gasteiger charge is 2.35. The van der Waals surface area contributed by atoms with Crippen molar-refractivity contribution >= 4 is 5.97 Å². The molecule has 1 saturated heterocycles. The molecule has 2 atom stereocenters. The second-order valence-electron chi connectivity index (χ2n) is 3.95. The quantitative estimate of drug-likeness (QED) is 0.802. The van der Waals surface area contributed by atoms with Crippen LogP contribution in [0.3, 0.4) is 0 Å². The summed E-state index contributed by atoms with van der Waals surface area (Å²) in [5.41, 5.74) is 0.974. The van der Waals surface area contributed by atoms with Crippen LogP contribution in [0.25, 0.3) is 0 Å². The lowest BCUT2D eigenvalue weighted by atomic mass is 9.88. The molecule has 0 amide bonds. The standard InChI is InChI=1S/C12H15NO3/c1-16-11-5-3-2-4-8(11)9-6-13-7-10(9)12(14)15/h2-5,9-10,13H,6-7H2,1H3,(H,14,15)/t9-,10-/m0/s1. The first kappa shape index (κ1) is 11.0. The van der Waals surface area contributed by atoms with Gasteiger partial charge in [-0.3, -0.25) is 4.79 Å². The van der Waals surface area contributed by atoms with E-state index in [4.69, 9.17) is 9.84 Å². The van der Waals surface area contributed by atoms with Gasteiger partial charge in [-0.15, -0.1) is 0 Å². The minimum Gasteiger partial charge on any atom is -0.496 e. The molecule has 0 spiro atoms. The van der Waals surface area contributed by atoms with Gasteiger partial charge in [0.25, 0.3) is 0 Å². The average Bonchev–Trinajstić information content (AvgIpc) is 2.77. The molecule has 0 saturated carbocycles. The first-order valence-electron chi connectivity index (χ1n) is 5.30. The van der Waals surface area contributed by atoms with Crippen molar-refractivity contribution in [2.45, 2.75) is 5.92 Å². The van der Waals surface area contributed by atoms with Gasteiger partial charge in [0.15, 0.2) is 0 Å². The van der Waals surface area contributed by atoms with Gasteiger partial charge in [-0.05, 0) is 11.6 Å². The number of hydrogen-bond donors (Lipinski definition) is 2. The number of rotatable bonds is 3. The van der Waals surface area contributed by atoms with Gasteiger partial charge in [-0.2, -0.15) is 0 Å². The molecule has 1 heterocycles. The number of methoxy groups -OCH3 is 1. The fourth-order valence-electron chi connectivity index (χ4n) is 2.24. The molecule has 0 unspecified atom stereocenters. The van der Waals surface area contributed by atoms with E-state index in [2.05, 4.69) is 5.32 Å². The smallest absolute Gasteiger partial charge is 0.308 e. The van der Waals surface area contributed by atoms with Gasteiger partial charge in [0.05, 0.1) is 13.0 Å². The summed E-state index contributed by atoms with van der Waals surface area (Å²) in [5.74, 6) is -0.353. The highest BCUT2D eigenvalue weighted by atomic mass is 16.5. The van der Waals surface area contributed by atoms with Crippen molar-refractivity contribution in [3.8, 4) is 5.75 Å².